The van der Waals surface area contributed by atoms with Crippen molar-refractivity contribution in [3.05, 3.63) is 16.3 Å². The first-order valence-corrected chi connectivity index (χ1v) is 5.12. The van der Waals surface area contributed by atoms with E-state index in [1.54, 1.807) is 6.07 Å². The molecule has 3 nitrogen and oxygen atoms in total. The van der Waals surface area contributed by atoms with Crippen LogP contribution in [-0.4, -0.2) is 19.3 Å². The average molecular weight is 251 g/mol. The fraction of sp³-hybridized carbons (Fsp3) is 0.286. The van der Waals surface area contributed by atoms with Crippen LogP contribution in [0.25, 0.3) is 0 Å². The third kappa shape index (κ3) is 1.84. The Kier molecular flexibility index (Phi) is 3.22. The molecule has 0 radical (unpaired) electrons. The van der Waals surface area contributed by atoms with Gasteiger partial charge in [-0.2, -0.15) is 0 Å². The molecule has 0 aromatic carbocycles. The molecule has 0 aliphatic heterocycles. The first-order valence-electron chi connectivity index (χ1n) is 3.10. The fourth-order valence-corrected chi connectivity index (χ4v) is 1.89. The SMILES string of the molecule is COC(=O)c1cc(Br)c(SC)o1. The van der Waals surface area contributed by atoms with Gasteiger partial charge in [-0.15, -0.1) is 0 Å². The van der Waals surface area contributed by atoms with E-state index in [2.05, 4.69) is 20.7 Å². The number of thioether (sulfide) groups is 1. The van der Waals surface area contributed by atoms with Gasteiger partial charge in [0.05, 0.1) is 11.6 Å². The minimum absolute atomic E-state index is 0.216. The number of rotatable bonds is 2. The van der Waals surface area contributed by atoms with Crippen molar-refractivity contribution in [2.24, 2.45) is 0 Å². The number of halogens is 1. The maximum absolute atomic E-state index is 10.9. The summed E-state index contributed by atoms with van der Waals surface area (Å²) in [6.45, 7) is 0. The number of carbonyl (C=O) groups excluding carboxylic acids is 1. The first kappa shape index (κ1) is 9.67. The van der Waals surface area contributed by atoms with E-state index in [4.69, 9.17) is 4.42 Å². The van der Waals surface area contributed by atoms with Crippen LogP contribution in [0.5, 0.6) is 0 Å². The van der Waals surface area contributed by atoms with Crippen LogP contribution in [0.15, 0.2) is 20.0 Å². The van der Waals surface area contributed by atoms with Crippen molar-refractivity contribution in [2.75, 3.05) is 13.4 Å². The molecule has 0 fully saturated rings. The van der Waals surface area contributed by atoms with Crippen LogP contribution in [0.2, 0.25) is 0 Å². The van der Waals surface area contributed by atoms with Gasteiger partial charge in [0.15, 0.2) is 5.09 Å². The maximum atomic E-state index is 10.9. The average Bonchev–Trinajstić information content (AvgIpc) is 2.45. The lowest BCUT2D eigenvalue weighted by molar-refractivity contribution is 0.0559. The summed E-state index contributed by atoms with van der Waals surface area (Å²) in [7, 11) is 1.32. The quantitative estimate of drug-likeness (QED) is 0.598. The summed E-state index contributed by atoms with van der Waals surface area (Å²) in [5.74, 6) is -0.246. The zero-order valence-corrected chi connectivity index (χ0v) is 8.99. The predicted octanol–water partition coefficient (Wildman–Crippen LogP) is 2.55. The van der Waals surface area contributed by atoms with E-state index in [0.29, 0.717) is 5.09 Å². The van der Waals surface area contributed by atoms with Gasteiger partial charge < -0.3 is 9.15 Å². The van der Waals surface area contributed by atoms with Crippen LogP contribution in [0.4, 0.5) is 0 Å². The summed E-state index contributed by atoms with van der Waals surface area (Å²) in [6.07, 6.45) is 1.87. The van der Waals surface area contributed by atoms with Crippen molar-refractivity contribution < 1.29 is 13.9 Å². The number of hydrogen-bond acceptors (Lipinski definition) is 4. The predicted molar refractivity (Wildman–Crippen MR) is 49.5 cm³/mol. The number of methoxy groups -OCH3 is 1. The third-order valence-corrected chi connectivity index (χ3v) is 2.75. The summed E-state index contributed by atoms with van der Waals surface area (Å²) in [5.41, 5.74) is 0. The smallest absolute Gasteiger partial charge is 0.374 e. The van der Waals surface area contributed by atoms with Crippen LogP contribution >= 0.6 is 27.7 Å². The Hall–Kier alpha value is -0.420. The van der Waals surface area contributed by atoms with Crippen LogP contribution in [-0.2, 0) is 4.74 Å². The molecule has 1 heterocycles. The first-order chi connectivity index (χ1) is 5.69. The molecule has 12 heavy (non-hydrogen) atoms. The van der Waals surface area contributed by atoms with Crippen molar-refractivity contribution in [1.82, 2.24) is 0 Å². The largest absolute Gasteiger partial charge is 0.463 e. The molecule has 0 aliphatic carbocycles. The monoisotopic (exact) mass is 250 g/mol. The number of esters is 1. The minimum atomic E-state index is -0.462. The van der Waals surface area contributed by atoms with Gasteiger partial charge in [-0.3, -0.25) is 0 Å². The van der Waals surface area contributed by atoms with Gasteiger partial charge in [0.2, 0.25) is 5.76 Å². The Morgan fingerprint density at radius 1 is 1.75 bits per heavy atom. The Labute approximate surface area is 82.6 Å². The second kappa shape index (κ2) is 4.00. The molecule has 0 amide bonds. The van der Waals surface area contributed by atoms with Crippen molar-refractivity contribution in [3.8, 4) is 0 Å². The molecule has 0 saturated heterocycles. The number of carbonyl (C=O) groups is 1. The Balaban J connectivity index is 2.96. The molecule has 0 bridgehead atoms. The van der Waals surface area contributed by atoms with Crippen LogP contribution in [0, 0.1) is 0 Å². The Morgan fingerprint density at radius 3 is 2.83 bits per heavy atom. The standard InChI is InChI=1S/C7H7BrO3S/c1-10-6(9)5-3-4(8)7(11-5)12-2/h3H,1-2H3. The molecule has 0 aliphatic rings. The molecule has 0 spiro atoms. The molecule has 1 aromatic rings. The molecule has 0 saturated carbocycles. The van der Waals surface area contributed by atoms with E-state index in [1.807, 2.05) is 6.26 Å². The molecule has 0 unspecified atom stereocenters. The molecule has 1 rings (SSSR count). The zero-order chi connectivity index (χ0) is 9.14. The second-order valence-electron chi connectivity index (χ2n) is 1.94. The number of furan rings is 1. The maximum Gasteiger partial charge on any atom is 0.374 e. The van der Waals surface area contributed by atoms with Crippen LogP contribution in [0.3, 0.4) is 0 Å². The summed E-state index contributed by atoms with van der Waals surface area (Å²) < 4.78 is 10.4. The summed E-state index contributed by atoms with van der Waals surface area (Å²) >= 11 is 4.68. The molecule has 0 atom stereocenters. The van der Waals surface area contributed by atoms with Gasteiger partial charge in [0, 0.05) is 6.07 Å². The summed E-state index contributed by atoms with van der Waals surface area (Å²) in [5, 5.41) is 0.676. The van der Waals surface area contributed by atoms with Crippen molar-refractivity contribution in [3.63, 3.8) is 0 Å². The van der Waals surface area contributed by atoms with E-state index in [9.17, 15) is 4.79 Å². The highest BCUT2D eigenvalue weighted by atomic mass is 79.9. The summed E-state index contributed by atoms with van der Waals surface area (Å²) in [6, 6.07) is 1.59. The lowest BCUT2D eigenvalue weighted by atomic mass is 10.5. The minimum Gasteiger partial charge on any atom is -0.463 e. The highest BCUT2D eigenvalue weighted by Crippen LogP contribution is 2.29. The highest BCUT2D eigenvalue weighted by Gasteiger charge is 2.14. The van der Waals surface area contributed by atoms with E-state index >= 15 is 0 Å². The zero-order valence-electron chi connectivity index (χ0n) is 6.59. The molecular formula is C7H7BrO3S. The van der Waals surface area contributed by atoms with Gasteiger partial charge in [0.1, 0.15) is 0 Å². The lowest BCUT2D eigenvalue weighted by Crippen LogP contribution is -1.98. The molecule has 1 aromatic heterocycles. The fourth-order valence-electron chi connectivity index (χ4n) is 0.692. The van der Waals surface area contributed by atoms with Gasteiger partial charge in [-0.25, -0.2) is 4.79 Å². The van der Waals surface area contributed by atoms with Crippen molar-refractivity contribution >= 4 is 33.7 Å². The van der Waals surface area contributed by atoms with Crippen molar-refractivity contribution in [1.29, 1.82) is 0 Å². The number of ether oxygens (including phenoxy) is 1. The van der Waals surface area contributed by atoms with Gasteiger partial charge in [0.25, 0.3) is 0 Å². The topological polar surface area (TPSA) is 39.4 Å². The second-order valence-corrected chi connectivity index (χ2v) is 3.58. The third-order valence-electron chi connectivity index (χ3n) is 1.23. The van der Waals surface area contributed by atoms with Crippen molar-refractivity contribution in [2.45, 2.75) is 5.09 Å². The van der Waals surface area contributed by atoms with E-state index in [-0.39, 0.29) is 5.76 Å². The lowest BCUT2D eigenvalue weighted by Gasteiger charge is -1.91. The van der Waals surface area contributed by atoms with Gasteiger partial charge in [-0.1, -0.05) is 11.8 Å². The Bertz CT molecular complexity index is 295. The molecule has 66 valence electrons. The highest BCUT2D eigenvalue weighted by molar-refractivity contribution is 9.10. The van der Waals surface area contributed by atoms with E-state index in [1.165, 1.54) is 18.9 Å². The normalized spacial score (nSPS) is 9.92. The Morgan fingerprint density at radius 2 is 2.42 bits per heavy atom. The van der Waals surface area contributed by atoms with Gasteiger partial charge >= 0.3 is 5.97 Å². The molecule has 5 heteroatoms. The summed E-state index contributed by atoms with van der Waals surface area (Å²) in [4.78, 5) is 10.9. The molecule has 0 N–H and O–H groups in total. The van der Waals surface area contributed by atoms with E-state index in [0.717, 1.165) is 4.47 Å². The number of hydrogen-bond donors (Lipinski definition) is 0. The van der Waals surface area contributed by atoms with E-state index < -0.39 is 5.97 Å². The van der Waals surface area contributed by atoms with Crippen LogP contribution in [0.1, 0.15) is 10.6 Å². The van der Waals surface area contributed by atoms with Crippen LogP contribution < -0.4 is 0 Å². The molecular weight excluding hydrogens is 244 g/mol. The van der Waals surface area contributed by atoms with Gasteiger partial charge in [-0.05, 0) is 22.2 Å².